The van der Waals surface area contributed by atoms with Crippen LogP contribution in [-0.4, -0.2) is 23.8 Å². The van der Waals surface area contributed by atoms with E-state index in [-0.39, 0.29) is 12.1 Å². The lowest BCUT2D eigenvalue weighted by atomic mass is 10.0. The van der Waals surface area contributed by atoms with Gasteiger partial charge in [-0.05, 0) is 38.5 Å². The Kier molecular flexibility index (Phi) is 47.6. The zero-order valence-electron chi connectivity index (χ0n) is 37.3. The van der Waals surface area contributed by atoms with Gasteiger partial charge in [-0.25, -0.2) is 0 Å². The molecule has 54 heavy (non-hydrogen) atoms. The van der Waals surface area contributed by atoms with Gasteiger partial charge in [0, 0.05) is 6.42 Å². The number of carbonyl (C=O) groups is 1. The average molecular weight is 761 g/mol. The van der Waals surface area contributed by atoms with Crippen molar-refractivity contribution in [3.8, 4) is 0 Å². The maximum absolute atomic E-state index is 12.0. The lowest BCUT2D eigenvalue weighted by Crippen LogP contribution is -2.05. The highest BCUT2D eigenvalue weighted by Crippen LogP contribution is 2.17. The van der Waals surface area contributed by atoms with Gasteiger partial charge >= 0.3 is 5.97 Å². The summed E-state index contributed by atoms with van der Waals surface area (Å²) in [7, 11) is 0. The fraction of sp³-hybridized carbons (Fsp3) is 0.941. The van der Waals surface area contributed by atoms with Gasteiger partial charge in [-0.3, -0.25) is 4.79 Å². The zero-order chi connectivity index (χ0) is 39.1. The Labute approximate surface area is 340 Å². The smallest absolute Gasteiger partial charge is 0.305 e. The van der Waals surface area contributed by atoms with Crippen molar-refractivity contribution in [2.24, 2.45) is 0 Å². The van der Waals surface area contributed by atoms with Gasteiger partial charge in [0.1, 0.15) is 0 Å². The van der Waals surface area contributed by atoms with Crippen molar-refractivity contribution in [2.75, 3.05) is 6.61 Å². The Bertz CT molecular complexity index is 718. The van der Waals surface area contributed by atoms with Crippen LogP contribution in [0, 0.1) is 0 Å². The molecule has 0 rings (SSSR count). The predicted octanol–water partition coefficient (Wildman–Crippen LogP) is 17.7. The quantitative estimate of drug-likeness (QED) is 0.0382. The second-order valence-electron chi connectivity index (χ2n) is 17.3. The molecule has 0 spiro atoms. The van der Waals surface area contributed by atoms with Crippen LogP contribution < -0.4 is 0 Å². The van der Waals surface area contributed by atoms with E-state index in [1.54, 1.807) is 0 Å². The second-order valence-corrected chi connectivity index (χ2v) is 17.3. The van der Waals surface area contributed by atoms with Crippen LogP contribution in [0.2, 0.25) is 0 Å². The first-order valence-electron chi connectivity index (χ1n) is 25.2. The minimum atomic E-state index is -0.158. The van der Waals surface area contributed by atoms with Crippen molar-refractivity contribution in [1.82, 2.24) is 0 Å². The van der Waals surface area contributed by atoms with Gasteiger partial charge in [0.05, 0.1) is 12.7 Å². The number of allylic oxidation sites excluding steroid dienone is 1. The number of rotatable bonds is 47. The van der Waals surface area contributed by atoms with Crippen LogP contribution in [-0.2, 0) is 9.53 Å². The van der Waals surface area contributed by atoms with Gasteiger partial charge in [-0.15, -0.1) is 0 Å². The summed E-state index contributed by atoms with van der Waals surface area (Å²) >= 11 is 0. The van der Waals surface area contributed by atoms with Gasteiger partial charge in [0.25, 0.3) is 0 Å². The van der Waals surface area contributed by atoms with Crippen LogP contribution in [0.25, 0.3) is 0 Å². The monoisotopic (exact) mass is 761 g/mol. The summed E-state index contributed by atoms with van der Waals surface area (Å²) in [6, 6.07) is 0. The third-order valence-corrected chi connectivity index (χ3v) is 11.7. The number of unbranched alkanes of at least 4 members (excludes halogenated alkanes) is 38. The number of carbonyl (C=O) groups excluding carboxylic acids is 1. The summed E-state index contributed by atoms with van der Waals surface area (Å²) in [5.74, 6) is 0.00749. The molecule has 3 nitrogen and oxygen atoms in total. The molecule has 0 aliphatic heterocycles. The molecule has 1 atom stereocenters. The van der Waals surface area contributed by atoms with Crippen LogP contribution in [0.4, 0.5) is 0 Å². The standard InChI is InChI=1S/C51H100O3/c1-3-5-7-9-10-11-12-13-14-15-16-17-18-19-20-21-22-23-24-25-26-27-28-29-30-31-34-37-40-44-48-51(53)54-49-45-41-38-35-32-33-36-39-43-47-50(52)46-42-8-6-4-2/h39,43,50,52H,3-38,40-42,44-49H2,1-2H3/b43-39-/t50-/m1/s1. The van der Waals surface area contributed by atoms with Crippen LogP contribution >= 0.6 is 0 Å². The van der Waals surface area contributed by atoms with E-state index in [1.165, 1.54) is 231 Å². The number of aliphatic hydroxyl groups excluding tert-OH is 1. The van der Waals surface area contributed by atoms with E-state index >= 15 is 0 Å². The van der Waals surface area contributed by atoms with E-state index in [2.05, 4.69) is 26.0 Å². The molecule has 0 unspecified atom stereocenters. The summed E-state index contributed by atoms with van der Waals surface area (Å²) in [5.41, 5.74) is 0. The highest BCUT2D eigenvalue weighted by atomic mass is 16.5. The topological polar surface area (TPSA) is 46.5 Å². The zero-order valence-corrected chi connectivity index (χ0v) is 37.3. The summed E-state index contributed by atoms with van der Waals surface area (Å²) in [6.07, 6.45) is 62.3. The predicted molar refractivity (Wildman–Crippen MR) is 241 cm³/mol. The summed E-state index contributed by atoms with van der Waals surface area (Å²) < 4.78 is 5.47. The normalized spacial score (nSPS) is 12.3. The number of aliphatic hydroxyl groups is 1. The molecule has 0 amide bonds. The molecule has 1 N–H and O–H groups in total. The number of hydrogen-bond donors (Lipinski definition) is 1. The third-order valence-electron chi connectivity index (χ3n) is 11.7. The van der Waals surface area contributed by atoms with Gasteiger partial charge < -0.3 is 9.84 Å². The van der Waals surface area contributed by atoms with E-state index in [0.717, 1.165) is 44.9 Å². The molecule has 0 aromatic carbocycles. The molecule has 0 saturated carbocycles. The molecule has 0 aromatic heterocycles. The molecule has 0 saturated heterocycles. The first-order valence-corrected chi connectivity index (χ1v) is 25.2. The Morgan fingerprint density at radius 1 is 0.407 bits per heavy atom. The Hall–Kier alpha value is -0.830. The number of ether oxygens (including phenoxy) is 1. The lowest BCUT2D eigenvalue weighted by molar-refractivity contribution is -0.143. The van der Waals surface area contributed by atoms with Gasteiger partial charge in [-0.2, -0.15) is 0 Å². The van der Waals surface area contributed by atoms with Crippen LogP contribution in [0.3, 0.4) is 0 Å². The molecule has 322 valence electrons. The van der Waals surface area contributed by atoms with Crippen LogP contribution in [0.5, 0.6) is 0 Å². The number of esters is 1. The minimum Gasteiger partial charge on any atom is -0.466 e. The molecule has 3 heteroatoms. The SMILES string of the molecule is CCCCCCCCCCCCCCCCCCCCCCCCCCCCCCCCC(=O)OCCCCCCCC/C=C\C[C@H](O)CCCCCC. The van der Waals surface area contributed by atoms with E-state index in [1.807, 2.05) is 0 Å². The molecule has 0 fully saturated rings. The summed E-state index contributed by atoms with van der Waals surface area (Å²) in [6.45, 7) is 5.13. The summed E-state index contributed by atoms with van der Waals surface area (Å²) in [4.78, 5) is 12.0. The van der Waals surface area contributed by atoms with Crippen molar-refractivity contribution in [2.45, 2.75) is 302 Å². The third kappa shape index (κ3) is 47.3. The Balaban J connectivity index is 3.19. The fourth-order valence-electron chi connectivity index (χ4n) is 7.92. The van der Waals surface area contributed by atoms with Gasteiger partial charge in [0.15, 0.2) is 0 Å². The average Bonchev–Trinajstić information content (AvgIpc) is 3.17. The van der Waals surface area contributed by atoms with Crippen LogP contribution in [0.1, 0.15) is 296 Å². The van der Waals surface area contributed by atoms with Gasteiger partial charge in [0.2, 0.25) is 0 Å². The molecule has 0 aliphatic carbocycles. The molecule has 0 aromatic rings. The van der Waals surface area contributed by atoms with Crippen molar-refractivity contribution >= 4 is 5.97 Å². The van der Waals surface area contributed by atoms with E-state index < -0.39 is 0 Å². The van der Waals surface area contributed by atoms with Crippen molar-refractivity contribution < 1.29 is 14.6 Å². The highest BCUT2D eigenvalue weighted by Gasteiger charge is 2.04. The molecule has 0 bridgehead atoms. The Morgan fingerprint density at radius 2 is 0.722 bits per heavy atom. The maximum Gasteiger partial charge on any atom is 0.305 e. The summed E-state index contributed by atoms with van der Waals surface area (Å²) in [5, 5.41) is 10.0. The maximum atomic E-state index is 12.0. The molecule has 0 aliphatic rings. The highest BCUT2D eigenvalue weighted by molar-refractivity contribution is 5.69. The molecule has 0 heterocycles. The lowest BCUT2D eigenvalue weighted by Gasteiger charge is -2.07. The fourth-order valence-corrected chi connectivity index (χ4v) is 7.92. The Morgan fingerprint density at radius 3 is 1.11 bits per heavy atom. The second kappa shape index (κ2) is 48.3. The molecular formula is C51H100O3. The van der Waals surface area contributed by atoms with E-state index in [0.29, 0.717) is 13.0 Å². The van der Waals surface area contributed by atoms with Crippen LogP contribution in [0.15, 0.2) is 12.2 Å². The van der Waals surface area contributed by atoms with E-state index in [9.17, 15) is 9.90 Å². The first kappa shape index (κ1) is 53.2. The van der Waals surface area contributed by atoms with Crippen molar-refractivity contribution in [3.05, 3.63) is 12.2 Å². The first-order chi connectivity index (χ1) is 26.7. The van der Waals surface area contributed by atoms with Crippen molar-refractivity contribution in [1.29, 1.82) is 0 Å². The van der Waals surface area contributed by atoms with Crippen molar-refractivity contribution in [3.63, 3.8) is 0 Å². The molecular weight excluding hydrogens is 661 g/mol. The molecule has 0 radical (unpaired) electrons. The largest absolute Gasteiger partial charge is 0.466 e. The minimum absolute atomic E-state index is 0.00749. The van der Waals surface area contributed by atoms with E-state index in [4.69, 9.17) is 4.74 Å². The number of hydrogen-bond acceptors (Lipinski definition) is 3. The van der Waals surface area contributed by atoms with Gasteiger partial charge in [-0.1, -0.05) is 264 Å².